The summed E-state index contributed by atoms with van der Waals surface area (Å²) in [5.41, 5.74) is 2.52. The molecule has 1 fully saturated rings. The summed E-state index contributed by atoms with van der Waals surface area (Å²) in [5, 5.41) is 1.92. The Morgan fingerprint density at radius 2 is 1.66 bits per heavy atom. The van der Waals surface area contributed by atoms with Crippen molar-refractivity contribution >= 4 is 49.2 Å². The lowest BCUT2D eigenvalue weighted by molar-refractivity contribution is -0.117. The van der Waals surface area contributed by atoms with Gasteiger partial charge in [-0.1, -0.05) is 18.2 Å². The maximum absolute atomic E-state index is 12.8. The van der Waals surface area contributed by atoms with Crippen LogP contribution >= 0.6 is 0 Å². The smallest absolute Gasteiger partial charge is 0.261 e. The average Bonchev–Trinajstić information content (AvgIpc) is 3.30. The number of anilines is 2. The van der Waals surface area contributed by atoms with E-state index >= 15 is 0 Å². The summed E-state index contributed by atoms with van der Waals surface area (Å²) in [5.74, 6) is 0.0675. The van der Waals surface area contributed by atoms with E-state index in [4.69, 9.17) is 4.42 Å². The van der Waals surface area contributed by atoms with Crippen molar-refractivity contribution in [2.75, 3.05) is 16.2 Å². The Kier molecular flexibility index (Phi) is 4.06. The van der Waals surface area contributed by atoms with Gasteiger partial charge in [0.25, 0.3) is 10.0 Å². The van der Waals surface area contributed by atoms with Crippen LogP contribution in [0.25, 0.3) is 21.9 Å². The number of furan rings is 1. The number of amides is 1. The second kappa shape index (κ2) is 6.63. The molecule has 4 aromatic rings. The number of carbonyl (C=O) groups is 1. The molecule has 3 aromatic carbocycles. The first-order chi connectivity index (χ1) is 14.0. The van der Waals surface area contributed by atoms with E-state index in [-0.39, 0.29) is 10.8 Å². The standard InChI is InChI=1S/C22H18N2O4S/c25-22-6-3-13-24(22)16-8-10-17(11-9-16)29(26,27)23-15-7-12-19-18-4-1-2-5-20(18)28-21(19)14-15/h1-2,4-5,7-12,14,23H,3,6,13H2. The van der Waals surface area contributed by atoms with Gasteiger partial charge in [0.1, 0.15) is 11.2 Å². The second-order valence-electron chi connectivity index (χ2n) is 7.06. The van der Waals surface area contributed by atoms with Gasteiger partial charge in [-0.3, -0.25) is 9.52 Å². The number of benzene rings is 3. The molecule has 0 unspecified atom stereocenters. The van der Waals surface area contributed by atoms with Crippen molar-refractivity contribution in [3.63, 3.8) is 0 Å². The zero-order valence-corrected chi connectivity index (χ0v) is 16.3. The summed E-state index contributed by atoms with van der Waals surface area (Å²) in [4.78, 5) is 13.7. The Morgan fingerprint density at radius 1 is 0.897 bits per heavy atom. The molecule has 0 saturated carbocycles. The monoisotopic (exact) mass is 406 g/mol. The molecule has 0 radical (unpaired) electrons. The van der Waals surface area contributed by atoms with Crippen LogP contribution in [0.3, 0.4) is 0 Å². The first kappa shape index (κ1) is 17.8. The molecule has 6 nitrogen and oxygen atoms in total. The van der Waals surface area contributed by atoms with Gasteiger partial charge in [-0.05, 0) is 48.9 Å². The van der Waals surface area contributed by atoms with Crippen LogP contribution in [0.1, 0.15) is 12.8 Å². The number of hydrogen-bond donors (Lipinski definition) is 1. The van der Waals surface area contributed by atoms with E-state index in [1.807, 2.05) is 30.3 Å². The van der Waals surface area contributed by atoms with Crippen molar-refractivity contribution in [1.82, 2.24) is 0 Å². The van der Waals surface area contributed by atoms with Gasteiger partial charge in [0.05, 0.1) is 10.6 Å². The summed E-state index contributed by atoms with van der Waals surface area (Å²) < 4.78 is 34.0. The van der Waals surface area contributed by atoms with Crippen molar-refractivity contribution in [1.29, 1.82) is 0 Å². The quantitative estimate of drug-likeness (QED) is 0.541. The zero-order valence-electron chi connectivity index (χ0n) is 15.5. The Labute approximate surface area is 167 Å². The van der Waals surface area contributed by atoms with Gasteiger partial charge in [-0.15, -0.1) is 0 Å². The number of nitrogens with zero attached hydrogens (tertiary/aromatic N) is 1. The normalized spacial score (nSPS) is 14.8. The highest BCUT2D eigenvalue weighted by atomic mass is 32.2. The van der Waals surface area contributed by atoms with E-state index in [9.17, 15) is 13.2 Å². The summed E-state index contributed by atoms with van der Waals surface area (Å²) in [6.45, 7) is 0.667. The fourth-order valence-corrected chi connectivity index (χ4v) is 4.78. The third-order valence-corrected chi connectivity index (χ3v) is 6.56. The van der Waals surface area contributed by atoms with Crippen molar-refractivity contribution in [2.45, 2.75) is 17.7 Å². The number of hydrogen-bond acceptors (Lipinski definition) is 4. The van der Waals surface area contributed by atoms with E-state index < -0.39 is 10.0 Å². The largest absolute Gasteiger partial charge is 0.456 e. The molecule has 7 heteroatoms. The molecule has 0 aliphatic carbocycles. The van der Waals surface area contributed by atoms with Crippen molar-refractivity contribution in [3.05, 3.63) is 66.7 Å². The highest BCUT2D eigenvalue weighted by Gasteiger charge is 2.22. The molecule has 0 atom stereocenters. The van der Waals surface area contributed by atoms with Crippen LogP contribution in [0.15, 0.2) is 76.0 Å². The van der Waals surface area contributed by atoms with E-state index in [1.165, 1.54) is 12.1 Å². The molecule has 1 aliphatic rings. The fourth-order valence-electron chi connectivity index (χ4n) is 3.73. The Balaban J connectivity index is 1.43. The summed E-state index contributed by atoms with van der Waals surface area (Å²) in [7, 11) is -3.76. The van der Waals surface area contributed by atoms with Crippen LogP contribution in [0.2, 0.25) is 0 Å². The van der Waals surface area contributed by atoms with Crippen LogP contribution in [0.5, 0.6) is 0 Å². The molecule has 146 valence electrons. The zero-order chi connectivity index (χ0) is 20.0. The van der Waals surface area contributed by atoms with Crippen LogP contribution in [-0.2, 0) is 14.8 Å². The van der Waals surface area contributed by atoms with E-state index in [2.05, 4.69) is 4.72 Å². The number of para-hydroxylation sites is 1. The van der Waals surface area contributed by atoms with E-state index in [1.54, 1.807) is 29.2 Å². The Morgan fingerprint density at radius 3 is 2.41 bits per heavy atom. The van der Waals surface area contributed by atoms with Gasteiger partial charge in [0, 0.05) is 35.5 Å². The molecule has 29 heavy (non-hydrogen) atoms. The third kappa shape index (κ3) is 3.13. The van der Waals surface area contributed by atoms with Gasteiger partial charge in [-0.25, -0.2) is 8.42 Å². The van der Waals surface area contributed by atoms with Crippen LogP contribution in [0.4, 0.5) is 11.4 Å². The fraction of sp³-hybridized carbons (Fsp3) is 0.136. The number of sulfonamides is 1. The lowest BCUT2D eigenvalue weighted by atomic mass is 10.1. The lowest BCUT2D eigenvalue weighted by Gasteiger charge is -2.16. The summed E-state index contributed by atoms with van der Waals surface area (Å²) in [6, 6.07) is 19.3. The molecular weight excluding hydrogens is 388 g/mol. The number of carbonyl (C=O) groups excluding carboxylic acids is 1. The number of rotatable bonds is 4. The Hall–Kier alpha value is -3.32. The third-order valence-electron chi connectivity index (χ3n) is 5.16. The molecule has 1 amide bonds. The van der Waals surface area contributed by atoms with Crippen molar-refractivity contribution in [3.8, 4) is 0 Å². The first-order valence-electron chi connectivity index (χ1n) is 9.36. The highest BCUT2D eigenvalue weighted by Crippen LogP contribution is 2.31. The predicted octanol–water partition coefficient (Wildman–Crippen LogP) is 4.51. The molecule has 5 rings (SSSR count). The molecule has 1 N–H and O–H groups in total. The van der Waals surface area contributed by atoms with Crippen molar-refractivity contribution < 1.29 is 17.6 Å². The SMILES string of the molecule is O=C1CCCN1c1ccc(S(=O)(=O)Nc2ccc3c(c2)oc2ccccc23)cc1. The number of nitrogens with one attached hydrogen (secondary N) is 1. The molecule has 1 saturated heterocycles. The Bertz CT molecular complexity index is 1340. The lowest BCUT2D eigenvalue weighted by Crippen LogP contribution is -2.23. The molecule has 2 heterocycles. The first-order valence-corrected chi connectivity index (χ1v) is 10.8. The second-order valence-corrected chi connectivity index (χ2v) is 8.74. The molecule has 1 aliphatic heterocycles. The van der Waals surface area contributed by atoms with Crippen LogP contribution in [0, 0.1) is 0 Å². The minimum absolute atomic E-state index is 0.0675. The van der Waals surface area contributed by atoms with Gasteiger partial charge < -0.3 is 9.32 Å². The summed E-state index contributed by atoms with van der Waals surface area (Å²) >= 11 is 0. The van der Waals surface area contributed by atoms with Crippen LogP contribution in [-0.4, -0.2) is 20.9 Å². The van der Waals surface area contributed by atoms with Crippen LogP contribution < -0.4 is 9.62 Å². The maximum Gasteiger partial charge on any atom is 0.261 e. The highest BCUT2D eigenvalue weighted by molar-refractivity contribution is 7.92. The van der Waals surface area contributed by atoms with E-state index in [0.29, 0.717) is 24.2 Å². The molecule has 0 bridgehead atoms. The summed E-state index contributed by atoms with van der Waals surface area (Å²) in [6.07, 6.45) is 1.36. The van der Waals surface area contributed by atoms with Gasteiger partial charge >= 0.3 is 0 Å². The molecular formula is C22H18N2O4S. The minimum Gasteiger partial charge on any atom is -0.456 e. The van der Waals surface area contributed by atoms with Gasteiger partial charge in [-0.2, -0.15) is 0 Å². The van der Waals surface area contributed by atoms with Crippen molar-refractivity contribution in [2.24, 2.45) is 0 Å². The molecule has 1 aromatic heterocycles. The molecule has 0 spiro atoms. The van der Waals surface area contributed by atoms with Gasteiger partial charge in [0.15, 0.2) is 0 Å². The van der Waals surface area contributed by atoms with Gasteiger partial charge in [0.2, 0.25) is 5.91 Å². The topological polar surface area (TPSA) is 79.6 Å². The van der Waals surface area contributed by atoms with E-state index in [0.717, 1.165) is 28.5 Å². The predicted molar refractivity (Wildman–Crippen MR) is 113 cm³/mol. The average molecular weight is 406 g/mol. The maximum atomic E-state index is 12.8. The number of fused-ring (bicyclic) bond motifs is 3. The minimum atomic E-state index is -3.76.